The predicted molar refractivity (Wildman–Crippen MR) is 92.7 cm³/mol. The number of hydrogen-bond donors (Lipinski definition) is 2. The zero-order chi connectivity index (χ0) is 19.3. The first-order valence-electron chi connectivity index (χ1n) is 7.53. The van der Waals surface area contributed by atoms with Gasteiger partial charge in [-0.2, -0.15) is 4.72 Å². The maximum atomic E-state index is 13.3. The highest BCUT2D eigenvalue weighted by molar-refractivity contribution is 7.89. The molecule has 136 valence electrons. The van der Waals surface area contributed by atoms with E-state index in [1.54, 1.807) is 6.92 Å². The quantitative estimate of drug-likeness (QED) is 0.758. The van der Waals surface area contributed by atoms with E-state index < -0.39 is 33.6 Å². The molecule has 8 heteroatoms. The normalized spacial score (nSPS) is 12.2. The van der Waals surface area contributed by atoms with Crippen molar-refractivity contribution in [3.8, 4) is 12.3 Å². The summed E-state index contributed by atoms with van der Waals surface area (Å²) < 4.78 is 52.6. The van der Waals surface area contributed by atoms with Crippen molar-refractivity contribution in [3.05, 3.63) is 65.2 Å². The van der Waals surface area contributed by atoms with Gasteiger partial charge in [-0.1, -0.05) is 18.1 Å². The van der Waals surface area contributed by atoms with Crippen LogP contribution in [0.15, 0.2) is 47.4 Å². The van der Waals surface area contributed by atoms with Crippen LogP contribution in [0.2, 0.25) is 0 Å². The van der Waals surface area contributed by atoms with Crippen molar-refractivity contribution >= 4 is 15.9 Å². The van der Waals surface area contributed by atoms with Crippen LogP contribution in [0.4, 0.5) is 8.78 Å². The summed E-state index contributed by atoms with van der Waals surface area (Å²) in [5.74, 6) is -0.401. The van der Waals surface area contributed by atoms with Gasteiger partial charge >= 0.3 is 0 Å². The molecule has 1 atom stereocenters. The van der Waals surface area contributed by atoms with E-state index >= 15 is 0 Å². The summed E-state index contributed by atoms with van der Waals surface area (Å²) in [6.45, 7) is 1.42. The number of halogens is 2. The third-order valence-corrected chi connectivity index (χ3v) is 4.96. The molecule has 0 heterocycles. The van der Waals surface area contributed by atoms with Gasteiger partial charge in [0, 0.05) is 5.56 Å². The van der Waals surface area contributed by atoms with E-state index in [9.17, 15) is 22.0 Å². The lowest BCUT2D eigenvalue weighted by Gasteiger charge is -2.15. The van der Waals surface area contributed by atoms with Crippen LogP contribution >= 0.6 is 0 Å². The van der Waals surface area contributed by atoms with E-state index in [1.807, 2.05) is 0 Å². The van der Waals surface area contributed by atoms with Crippen LogP contribution in [0.3, 0.4) is 0 Å². The minimum Gasteiger partial charge on any atom is -0.346 e. The summed E-state index contributed by atoms with van der Waals surface area (Å²) in [6.07, 6.45) is 5.03. The first-order chi connectivity index (χ1) is 12.2. The van der Waals surface area contributed by atoms with Crippen molar-refractivity contribution in [2.24, 2.45) is 0 Å². The highest BCUT2D eigenvalue weighted by atomic mass is 32.2. The lowest BCUT2D eigenvalue weighted by Crippen LogP contribution is -2.28. The van der Waals surface area contributed by atoms with Gasteiger partial charge in [0.05, 0.1) is 17.5 Å². The molecular weight excluding hydrogens is 362 g/mol. The molecule has 0 fully saturated rings. The number of nitrogens with one attached hydrogen (secondary N) is 2. The molecule has 2 aromatic rings. The Bertz CT molecular complexity index is 969. The van der Waals surface area contributed by atoms with E-state index in [1.165, 1.54) is 30.3 Å². The molecule has 1 unspecified atom stereocenters. The van der Waals surface area contributed by atoms with E-state index in [4.69, 9.17) is 6.42 Å². The minimum absolute atomic E-state index is 0.100. The number of benzene rings is 2. The van der Waals surface area contributed by atoms with Crippen molar-refractivity contribution < 1.29 is 22.0 Å². The highest BCUT2D eigenvalue weighted by Crippen LogP contribution is 2.17. The Balaban J connectivity index is 2.18. The minimum atomic E-state index is -3.83. The molecule has 2 N–H and O–H groups in total. The number of sulfonamides is 1. The molecule has 0 saturated heterocycles. The fourth-order valence-electron chi connectivity index (χ4n) is 2.17. The molecule has 0 spiro atoms. The summed E-state index contributed by atoms with van der Waals surface area (Å²) in [6, 6.07) is 8.09. The van der Waals surface area contributed by atoms with Crippen LogP contribution in [0.1, 0.15) is 28.9 Å². The number of carbonyl (C=O) groups is 1. The van der Waals surface area contributed by atoms with Gasteiger partial charge in [0.2, 0.25) is 10.0 Å². The van der Waals surface area contributed by atoms with Gasteiger partial charge in [0.15, 0.2) is 11.6 Å². The zero-order valence-corrected chi connectivity index (χ0v) is 14.6. The van der Waals surface area contributed by atoms with Gasteiger partial charge in [-0.05, 0) is 42.8 Å². The van der Waals surface area contributed by atoms with Gasteiger partial charge in [0.25, 0.3) is 5.91 Å². The smallest absolute Gasteiger partial charge is 0.251 e. The lowest BCUT2D eigenvalue weighted by molar-refractivity contribution is 0.0939. The largest absolute Gasteiger partial charge is 0.346 e. The molecule has 2 aromatic carbocycles. The van der Waals surface area contributed by atoms with Crippen molar-refractivity contribution in [2.75, 3.05) is 6.54 Å². The summed E-state index contributed by atoms with van der Waals surface area (Å²) in [5.41, 5.74) is 0.472. The van der Waals surface area contributed by atoms with Crippen LogP contribution in [0, 0.1) is 24.0 Å². The van der Waals surface area contributed by atoms with Crippen molar-refractivity contribution in [1.82, 2.24) is 10.0 Å². The Morgan fingerprint density at radius 2 is 1.92 bits per heavy atom. The molecule has 1 amide bonds. The van der Waals surface area contributed by atoms with E-state index in [2.05, 4.69) is 16.0 Å². The Morgan fingerprint density at radius 1 is 1.19 bits per heavy atom. The zero-order valence-electron chi connectivity index (χ0n) is 13.8. The molecule has 0 aliphatic heterocycles. The molecule has 0 aliphatic carbocycles. The van der Waals surface area contributed by atoms with Gasteiger partial charge in [-0.15, -0.1) is 6.42 Å². The summed E-state index contributed by atoms with van der Waals surface area (Å²) in [4.78, 5) is 12.2. The number of rotatable bonds is 6. The molecule has 26 heavy (non-hydrogen) atoms. The fraction of sp³-hybridized carbons (Fsp3) is 0.167. The molecule has 0 aromatic heterocycles. The SMILES string of the molecule is C#CCNS(=O)(=O)c1cccc(C(=O)NC(C)c2ccc(F)c(F)c2)c1. The average molecular weight is 378 g/mol. The van der Waals surface area contributed by atoms with E-state index in [0.717, 1.165) is 12.1 Å². The second-order valence-corrected chi connectivity index (χ2v) is 7.19. The van der Waals surface area contributed by atoms with Crippen LogP contribution in [0.25, 0.3) is 0 Å². The van der Waals surface area contributed by atoms with Crippen molar-refractivity contribution in [3.63, 3.8) is 0 Å². The maximum Gasteiger partial charge on any atom is 0.251 e. The van der Waals surface area contributed by atoms with Gasteiger partial charge < -0.3 is 5.32 Å². The second kappa shape index (κ2) is 8.08. The van der Waals surface area contributed by atoms with E-state index in [-0.39, 0.29) is 17.0 Å². The Hall–Kier alpha value is -2.76. The number of hydrogen-bond acceptors (Lipinski definition) is 3. The molecule has 0 bridgehead atoms. The average Bonchev–Trinajstić information content (AvgIpc) is 2.62. The Labute approximate surface area is 150 Å². The molecule has 5 nitrogen and oxygen atoms in total. The first-order valence-corrected chi connectivity index (χ1v) is 9.02. The van der Waals surface area contributed by atoms with E-state index in [0.29, 0.717) is 5.56 Å². The molecular formula is C18H16F2N2O3S. The van der Waals surface area contributed by atoms with Gasteiger partial charge in [-0.25, -0.2) is 17.2 Å². The summed E-state index contributed by atoms with van der Waals surface area (Å²) in [7, 11) is -3.83. The Morgan fingerprint density at radius 3 is 2.58 bits per heavy atom. The predicted octanol–water partition coefficient (Wildman–Crippen LogP) is 2.37. The van der Waals surface area contributed by atoms with Crippen LogP contribution in [-0.2, 0) is 10.0 Å². The van der Waals surface area contributed by atoms with Crippen LogP contribution in [-0.4, -0.2) is 20.9 Å². The second-order valence-electron chi connectivity index (χ2n) is 5.43. The van der Waals surface area contributed by atoms with Crippen molar-refractivity contribution in [1.29, 1.82) is 0 Å². The number of amides is 1. The van der Waals surface area contributed by atoms with Crippen LogP contribution in [0.5, 0.6) is 0 Å². The summed E-state index contributed by atoms with van der Waals surface area (Å²) in [5, 5.41) is 2.61. The van der Waals surface area contributed by atoms with Crippen LogP contribution < -0.4 is 10.0 Å². The molecule has 0 radical (unpaired) electrons. The maximum absolute atomic E-state index is 13.3. The van der Waals surface area contributed by atoms with Crippen molar-refractivity contribution in [2.45, 2.75) is 17.9 Å². The standard InChI is InChI=1S/C18H16F2N2O3S/c1-3-9-21-26(24,25)15-6-4-5-14(10-15)18(23)22-12(2)13-7-8-16(19)17(20)11-13/h1,4-8,10-12,21H,9H2,2H3,(H,22,23). The first kappa shape index (κ1) is 19.6. The fourth-order valence-corrected chi connectivity index (χ4v) is 3.15. The molecule has 0 saturated carbocycles. The Kier molecular flexibility index (Phi) is 6.08. The van der Waals surface area contributed by atoms with Gasteiger partial charge in [0.1, 0.15) is 0 Å². The highest BCUT2D eigenvalue weighted by Gasteiger charge is 2.17. The number of terminal acetylenes is 1. The molecule has 0 aliphatic rings. The third-order valence-electron chi connectivity index (χ3n) is 3.56. The number of carbonyl (C=O) groups excluding carboxylic acids is 1. The molecule has 2 rings (SSSR count). The monoisotopic (exact) mass is 378 g/mol. The lowest BCUT2D eigenvalue weighted by atomic mass is 10.1. The van der Waals surface area contributed by atoms with Gasteiger partial charge in [-0.3, -0.25) is 4.79 Å². The topological polar surface area (TPSA) is 75.3 Å². The summed E-state index contributed by atoms with van der Waals surface area (Å²) >= 11 is 0. The third kappa shape index (κ3) is 4.65.